The van der Waals surface area contributed by atoms with E-state index in [1.807, 2.05) is 18.2 Å². The number of aldehydes is 1. The first kappa shape index (κ1) is 11.6. The van der Waals surface area contributed by atoms with Crippen molar-refractivity contribution >= 4 is 6.29 Å². The molecule has 0 radical (unpaired) electrons. The quantitative estimate of drug-likeness (QED) is 0.191. The Morgan fingerprint density at radius 1 is 0.923 bits per heavy atom. The van der Waals surface area contributed by atoms with Crippen LogP contribution in [0.4, 0.5) is 0 Å². The van der Waals surface area contributed by atoms with Crippen molar-refractivity contribution in [2.75, 3.05) is 0 Å². The molecule has 0 atom stereocenters. The number of allylic oxidation sites excluding steroid dienone is 7. The SMILES string of the molecule is C=CC=CCC=CCCC=CC=O. The van der Waals surface area contributed by atoms with Gasteiger partial charge in [0.05, 0.1) is 0 Å². The normalized spacial score (nSPS) is 11.7. The lowest BCUT2D eigenvalue weighted by atomic mass is 10.2. The molecule has 0 amide bonds. The van der Waals surface area contributed by atoms with Gasteiger partial charge >= 0.3 is 0 Å². The largest absolute Gasteiger partial charge is 0.299 e. The van der Waals surface area contributed by atoms with Crippen LogP contribution in [0.1, 0.15) is 19.3 Å². The van der Waals surface area contributed by atoms with Crippen LogP contribution in [0.3, 0.4) is 0 Å². The summed E-state index contributed by atoms with van der Waals surface area (Å²) < 4.78 is 0. The van der Waals surface area contributed by atoms with Crippen LogP contribution >= 0.6 is 0 Å². The van der Waals surface area contributed by atoms with Crippen LogP contribution in [0, 0.1) is 0 Å². The minimum absolute atomic E-state index is 0.802. The summed E-state index contributed by atoms with van der Waals surface area (Å²) in [5.41, 5.74) is 0. The third-order valence-electron chi connectivity index (χ3n) is 1.43. The summed E-state index contributed by atoms with van der Waals surface area (Å²) in [6, 6.07) is 0. The second kappa shape index (κ2) is 10.6. The van der Waals surface area contributed by atoms with Crippen molar-refractivity contribution in [3.8, 4) is 0 Å². The van der Waals surface area contributed by atoms with Crippen molar-refractivity contribution < 1.29 is 4.79 Å². The van der Waals surface area contributed by atoms with E-state index in [1.165, 1.54) is 6.08 Å². The van der Waals surface area contributed by atoms with Gasteiger partial charge in [-0.3, -0.25) is 4.79 Å². The van der Waals surface area contributed by atoms with Crippen molar-refractivity contribution in [3.05, 3.63) is 49.1 Å². The Morgan fingerprint density at radius 3 is 2.38 bits per heavy atom. The fourth-order valence-corrected chi connectivity index (χ4v) is 0.812. The fourth-order valence-electron chi connectivity index (χ4n) is 0.812. The molecule has 0 saturated heterocycles. The van der Waals surface area contributed by atoms with Crippen LogP contribution in [0.25, 0.3) is 0 Å². The highest BCUT2D eigenvalue weighted by molar-refractivity contribution is 5.64. The Balaban J connectivity index is 3.31. The number of unbranched alkanes of at least 4 members (excludes halogenated alkanes) is 1. The van der Waals surface area contributed by atoms with Gasteiger partial charge in [-0.1, -0.05) is 43.0 Å². The van der Waals surface area contributed by atoms with Crippen molar-refractivity contribution in [2.24, 2.45) is 0 Å². The molecule has 0 aliphatic heterocycles. The summed E-state index contributed by atoms with van der Waals surface area (Å²) in [7, 11) is 0. The van der Waals surface area contributed by atoms with Crippen LogP contribution in [-0.2, 0) is 4.79 Å². The van der Waals surface area contributed by atoms with Crippen molar-refractivity contribution in [1.29, 1.82) is 0 Å². The van der Waals surface area contributed by atoms with Crippen LogP contribution in [-0.4, -0.2) is 6.29 Å². The average Bonchev–Trinajstić information content (AvgIpc) is 2.16. The second-order valence-electron chi connectivity index (χ2n) is 2.51. The first-order valence-electron chi connectivity index (χ1n) is 4.44. The predicted octanol–water partition coefficient (Wildman–Crippen LogP) is 3.21. The van der Waals surface area contributed by atoms with E-state index in [9.17, 15) is 4.79 Å². The summed E-state index contributed by atoms with van der Waals surface area (Å²) in [6.45, 7) is 3.58. The number of carbonyl (C=O) groups is 1. The third-order valence-corrected chi connectivity index (χ3v) is 1.43. The van der Waals surface area contributed by atoms with Gasteiger partial charge in [-0.05, 0) is 25.3 Å². The molecule has 0 aliphatic rings. The Labute approximate surface area is 80.2 Å². The molecule has 0 aromatic rings. The lowest BCUT2D eigenvalue weighted by Crippen LogP contribution is -1.66. The standard InChI is InChI=1S/C12H16O/c1-2-3-4-5-6-7-8-9-10-11-12-13/h2-4,6-7,10-12H,1,5,8-9H2. The summed E-state index contributed by atoms with van der Waals surface area (Å²) in [6.07, 6.45) is 17.0. The third kappa shape index (κ3) is 10.6. The molecule has 70 valence electrons. The summed E-state index contributed by atoms with van der Waals surface area (Å²) in [5.74, 6) is 0. The first-order chi connectivity index (χ1) is 6.41. The molecule has 0 N–H and O–H groups in total. The Kier molecular flexibility index (Phi) is 9.51. The molecule has 0 spiro atoms. The highest BCUT2D eigenvalue weighted by atomic mass is 16.1. The highest BCUT2D eigenvalue weighted by Crippen LogP contribution is 1.94. The van der Waals surface area contributed by atoms with E-state index < -0.39 is 0 Å². The van der Waals surface area contributed by atoms with Gasteiger partial charge in [0.1, 0.15) is 6.29 Å². The highest BCUT2D eigenvalue weighted by Gasteiger charge is 1.75. The lowest BCUT2D eigenvalue weighted by Gasteiger charge is -1.84. The zero-order valence-electron chi connectivity index (χ0n) is 7.86. The zero-order chi connectivity index (χ0) is 9.78. The van der Waals surface area contributed by atoms with Gasteiger partial charge in [-0.25, -0.2) is 0 Å². The van der Waals surface area contributed by atoms with Gasteiger partial charge in [0.25, 0.3) is 0 Å². The van der Waals surface area contributed by atoms with Gasteiger partial charge < -0.3 is 0 Å². The fraction of sp³-hybridized carbons (Fsp3) is 0.250. The number of rotatable bonds is 7. The van der Waals surface area contributed by atoms with Crippen LogP contribution in [0.2, 0.25) is 0 Å². The van der Waals surface area contributed by atoms with Gasteiger partial charge in [-0.15, -0.1) is 0 Å². The molecular weight excluding hydrogens is 160 g/mol. The minimum atomic E-state index is 0.802. The molecule has 0 rings (SSSR count). The minimum Gasteiger partial charge on any atom is -0.299 e. The summed E-state index contributed by atoms with van der Waals surface area (Å²) >= 11 is 0. The van der Waals surface area contributed by atoms with Gasteiger partial charge in [-0.2, -0.15) is 0 Å². The lowest BCUT2D eigenvalue weighted by molar-refractivity contribution is -0.104. The summed E-state index contributed by atoms with van der Waals surface area (Å²) in [4.78, 5) is 9.89. The second-order valence-corrected chi connectivity index (χ2v) is 2.51. The smallest absolute Gasteiger partial charge is 0.142 e. The number of carbonyl (C=O) groups excluding carboxylic acids is 1. The van der Waals surface area contributed by atoms with Gasteiger partial charge in [0, 0.05) is 0 Å². The topological polar surface area (TPSA) is 17.1 Å². The molecule has 0 aromatic carbocycles. The van der Waals surface area contributed by atoms with E-state index in [2.05, 4.69) is 18.7 Å². The van der Waals surface area contributed by atoms with E-state index >= 15 is 0 Å². The van der Waals surface area contributed by atoms with Crippen molar-refractivity contribution in [1.82, 2.24) is 0 Å². The van der Waals surface area contributed by atoms with Gasteiger partial charge in [0.15, 0.2) is 0 Å². The Hall–Kier alpha value is -1.37. The van der Waals surface area contributed by atoms with Crippen LogP contribution in [0.5, 0.6) is 0 Å². The van der Waals surface area contributed by atoms with E-state index in [0.717, 1.165) is 25.5 Å². The van der Waals surface area contributed by atoms with E-state index in [4.69, 9.17) is 0 Å². The number of hydrogen-bond donors (Lipinski definition) is 0. The maximum absolute atomic E-state index is 9.89. The molecule has 0 aliphatic carbocycles. The van der Waals surface area contributed by atoms with Crippen molar-refractivity contribution in [3.63, 3.8) is 0 Å². The predicted molar refractivity (Wildman–Crippen MR) is 57.5 cm³/mol. The maximum atomic E-state index is 9.89. The molecule has 0 fully saturated rings. The molecular formula is C12H16O. The molecule has 0 saturated carbocycles. The van der Waals surface area contributed by atoms with E-state index in [0.29, 0.717) is 0 Å². The maximum Gasteiger partial charge on any atom is 0.142 e. The van der Waals surface area contributed by atoms with Crippen molar-refractivity contribution in [2.45, 2.75) is 19.3 Å². The molecule has 0 bridgehead atoms. The Morgan fingerprint density at radius 2 is 1.69 bits per heavy atom. The summed E-state index contributed by atoms with van der Waals surface area (Å²) in [5, 5.41) is 0. The van der Waals surface area contributed by atoms with E-state index in [1.54, 1.807) is 6.08 Å². The monoisotopic (exact) mass is 176 g/mol. The van der Waals surface area contributed by atoms with Crippen LogP contribution < -0.4 is 0 Å². The van der Waals surface area contributed by atoms with Gasteiger partial charge in [0.2, 0.25) is 0 Å². The zero-order valence-corrected chi connectivity index (χ0v) is 7.86. The number of hydrogen-bond acceptors (Lipinski definition) is 1. The molecule has 1 heteroatoms. The molecule has 1 nitrogen and oxygen atoms in total. The Bertz CT molecular complexity index is 209. The van der Waals surface area contributed by atoms with E-state index in [-0.39, 0.29) is 0 Å². The molecule has 0 heterocycles. The first-order valence-corrected chi connectivity index (χ1v) is 4.44. The molecule has 13 heavy (non-hydrogen) atoms. The average molecular weight is 176 g/mol. The molecule has 0 unspecified atom stereocenters. The molecule has 0 aromatic heterocycles. The van der Waals surface area contributed by atoms with Crippen LogP contribution in [0.15, 0.2) is 49.1 Å².